The number of aromatic nitrogens is 4. The van der Waals surface area contributed by atoms with E-state index in [1.807, 2.05) is 34.6 Å². The Morgan fingerprint density at radius 1 is 0.900 bits per heavy atom. The molecule has 0 amide bonds. The Bertz CT molecular complexity index is 635. The van der Waals surface area contributed by atoms with Crippen LogP contribution in [-0.2, 0) is 6.42 Å². The van der Waals surface area contributed by atoms with Gasteiger partial charge in [0.05, 0.1) is 0 Å². The molecule has 0 unspecified atom stereocenters. The van der Waals surface area contributed by atoms with Crippen LogP contribution < -0.4 is 0 Å². The van der Waals surface area contributed by atoms with Gasteiger partial charge < -0.3 is 0 Å². The van der Waals surface area contributed by atoms with E-state index in [2.05, 4.69) is 19.9 Å². The lowest BCUT2D eigenvalue weighted by molar-refractivity contribution is 0.853. The highest BCUT2D eigenvalue weighted by Gasteiger charge is 2.13. The molecule has 0 atom stereocenters. The number of hydrogen-bond acceptors (Lipinski definition) is 5. The molecule has 2 aromatic rings. The zero-order valence-electron chi connectivity index (χ0n) is 12.3. The van der Waals surface area contributed by atoms with E-state index in [0.717, 1.165) is 39.8 Å². The van der Waals surface area contributed by atoms with Crippen LogP contribution in [0.25, 0.3) is 0 Å². The first-order valence-corrected chi connectivity index (χ1v) is 7.64. The van der Waals surface area contributed by atoms with E-state index in [9.17, 15) is 0 Å². The van der Waals surface area contributed by atoms with Crippen molar-refractivity contribution in [3.05, 3.63) is 33.5 Å². The predicted octanol–water partition coefficient (Wildman–Crippen LogP) is 3.87. The maximum atomic E-state index is 6.15. The van der Waals surface area contributed by atoms with Gasteiger partial charge >= 0.3 is 0 Å². The van der Waals surface area contributed by atoms with Crippen LogP contribution in [0.3, 0.4) is 0 Å². The molecule has 0 spiro atoms. The van der Waals surface area contributed by atoms with E-state index in [1.165, 1.54) is 11.8 Å². The zero-order valence-corrected chi connectivity index (χ0v) is 13.9. The highest BCUT2D eigenvalue weighted by Crippen LogP contribution is 2.30. The third kappa shape index (κ3) is 3.10. The maximum absolute atomic E-state index is 6.15. The summed E-state index contributed by atoms with van der Waals surface area (Å²) in [5.41, 5.74) is 3.98. The summed E-state index contributed by atoms with van der Waals surface area (Å²) in [5, 5.41) is 2.02. The lowest BCUT2D eigenvalue weighted by Crippen LogP contribution is -2.01. The molecule has 0 aromatic carbocycles. The van der Waals surface area contributed by atoms with E-state index in [1.54, 1.807) is 0 Å². The van der Waals surface area contributed by atoms with Gasteiger partial charge in [-0.05, 0) is 45.0 Å². The Labute approximate surface area is 128 Å². The molecule has 2 rings (SSSR count). The smallest absolute Gasteiger partial charge is 0.194 e. The molecule has 6 heteroatoms. The standard InChI is InChI=1S/C14H17ClN4S/c1-6-11-18-12(15)8(3)13(19-11)20-14-16-9(4)7(2)10(5)17-14/h6H2,1-5H3. The van der Waals surface area contributed by atoms with Crippen LogP contribution >= 0.6 is 23.4 Å². The Morgan fingerprint density at radius 2 is 1.50 bits per heavy atom. The Morgan fingerprint density at radius 3 is 2.05 bits per heavy atom. The van der Waals surface area contributed by atoms with Crippen molar-refractivity contribution in [2.45, 2.75) is 51.2 Å². The van der Waals surface area contributed by atoms with Crippen LogP contribution in [0.4, 0.5) is 0 Å². The molecule has 2 heterocycles. The van der Waals surface area contributed by atoms with Crippen LogP contribution in [0.5, 0.6) is 0 Å². The van der Waals surface area contributed by atoms with Crippen LogP contribution in [0.15, 0.2) is 10.2 Å². The lowest BCUT2D eigenvalue weighted by Gasteiger charge is -2.09. The molecule has 0 bridgehead atoms. The van der Waals surface area contributed by atoms with E-state index in [4.69, 9.17) is 11.6 Å². The van der Waals surface area contributed by atoms with Gasteiger partial charge in [-0.15, -0.1) is 0 Å². The Kier molecular flexibility index (Phi) is 4.60. The summed E-state index contributed by atoms with van der Waals surface area (Å²) in [4.78, 5) is 17.8. The highest BCUT2D eigenvalue weighted by atomic mass is 35.5. The average Bonchev–Trinajstić information content (AvgIpc) is 2.40. The summed E-state index contributed by atoms with van der Waals surface area (Å²) >= 11 is 7.58. The van der Waals surface area contributed by atoms with E-state index < -0.39 is 0 Å². The maximum Gasteiger partial charge on any atom is 0.194 e. The summed E-state index contributed by atoms with van der Waals surface area (Å²) in [5.74, 6) is 0.739. The van der Waals surface area contributed by atoms with Crippen LogP contribution in [0.2, 0.25) is 5.15 Å². The van der Waals surface area contributed by atoms with Crippen molar-refractivity contribution in [1.29, 1.82) is 0 Å². The van der Waals surface area contributed by atoms with Gasteiger partial charge in [0.1, 0.15) is 16.0 Å². The summed E-state index contributed by atoms with van der Waals surface area (Å²) in [7, 11) is 0. The molecule has 0 saturated heterocycles. The third-order valence-electron chi connectivity index (χ3n) is 3.20. The molecular weight excluding hydrogens is 292 g/mol. The largest absolute Gasteiger partial charge is 0.227 e. The quantitative estimate of drug-likeness (QED) is 0.636. The fourth-order valence-electron chi connectivity index (χ4n) is 1.64. The Balaban J connectivity index is 2.42. The van der Waals surface area contributed by atoms with Crippen molar-refractivity contribution in [3.8, 4) is 0 Å². The number of nitrogens with zero attached hydrogens (tertiary/aromatic N) is 4. The molecule has 106 valence electrons. The molecule has 0 fully saturated rings. The topological polar surface area (TPSA) is 51.6 Å². The SMILES string of the molecule is CCc1nc(Cl)c(C)c(Sc2nc(C)c(C)c(C)n2)n1. The summed E-state index contributed by atoms with van der Waals surface area (Å²) in [6.45, 7) is 9.93. The normalized spacial score (nSPS) is 10.9. The molecule has 0 radical (unpaired) electrons. The van der Waals surface area contributed by atoms with Gasteiger partial charge in [0, 0.05) is 23.4 Å². The van der Waals surface area contributed by atoms with Gasteiger partial charge in [-0.25, -0.2) is 19.9 Å². The van der Waals surface area contributed by atoms with Gasteiger partial charge in [0.2, 0.25) is 0 Å². The van der Waals surface area contributed by atoms with E-state index >= 15 is 0 Å². The van der Waals surface area contributed by atoms with Gasteiger partial charge in [-0.3, -0.25) is 0 Å². The average molecular weight is 309 g/mol. The first-order chi connectivity index (χ1) is 9.42. The minimum absolute atomic E-state index is 0.500. The lowest BCUT2D eigenvalue weighted by atomic mass is 10.2. The van der Waals surface area contributed by atoms with Crippen molar-refractivity contribution >= 4 is 23.4 Å². The van der Waals surface area contributed by atoms with Gasteiger partial charge in [0.15, 0.2) is 5.16 Å². The molecule has 0 aliphatic heterocycles. The van der Waals surface area contributed by atoms with Crippen molar-refractivity contribution in [1.82, 2.24) is 19.9 Å². The van der Waals surface area contributed by atoms with Crippen molar-refractivity contribution in [2.24, 2.45) is 0 Å². The molecule has 0 aliphatic carbocycles. The second-order valence-electron chi connectivity index (χ2n) is 4.62. The molecule has 2 aromatic heterocycles. The number of hydrogen-bond donors (Lipinski definition) is 0. The molecule has 0 N–H and O–H groups in total. The molecular formula is C14H17ClN4S. The van der Waals surface area contributed by atoms with Crippen molar-refractivity contribution < 1.29 is 0 Å². The monoisotopic (exact) mass is 308 g/mol. The molecule has 20 heavy (non-hydrogen) atoms. The van der Waals surface area contributed by atoms with E-state index in [-0.39, 0.29) is 0 Å². The van der Waals surface area contributed by atoms with Crippen LogP contribution in [0, 0.1) is 27.7 Å². The van der Waals surface area contributed by atoms with E-state index in [0.29, 0.717) is 10.3 Å². The number of halogens is 1. The first-order valence-electron chi connectivity index (χ1n) is 6.45. The second kappa shape index (κ2) is 6.06. The summed E-state index contributed by atoms with van der Waals surface area (Å²) < 4.78 is 0. The fraction of sp³-hybridized carbons (Fsp3) is 0.429. The van der Waals surface area contributed by atoms with Crippen molar-refractivity contribution in [3.63, 3.8) is 0 Å². The molecule has 0 aliphatic rings. The summed E-state index contributed by atoms with van der Waals surface area (Å²) in [6, 6.07) is 0. The first kappa shape index (κ1) is 15.2. The van der Waals surface area contributed by atoms with Crippen molar-refractivity contribution in [2.75, 3.05) is 0 Å². The zero-order chi connectivity index (χ0) is 14.9. The summed E-state index contributed by atoms with van der Waals surface area (Å²) in [6.07, 6.45) is 0.750. The fourth-order valence-corrected chi connectivity index (χ4v) is 2.82. The Hall–Kier alpha value is -1.20. The van der Waals surface area contributed by atoms with Gasteiger partial charge in [-0.2, -0.15) is 0 Å². The number of aryl methyl sites for hydroxylation is 3. The second-order valence-corrected chi connectivity index (χ2v) is 5.93. The predicted molar refractivity (Wildman–Crippen MR) is 81.5 cm³/mol. The van der Waals surface area contributed by atoms with Crippen LogP contribution in [0.1, 0.15) is 35.3 Å². The number of rotatable bonds is 3. The van der Waals surface area contributed by atoms with Gasteiger partial charge in [-0.1, -0.05) is 18.5 Å². The minimum Gasteiger partial charge on any atom is -0.227 e. The van der Waals surface area contributed by atoms with Crippen LogP contribution in [-0.4, -0.2) is 19.9 Å². The van der Waals surface area contributed by atoms with Gasteiger partial charge in [0.25, 0.3) is 0 Å². The molecule has 4 nitrogen and oxygen atoms in total. The third-order valence-corrected chi connectivity index (χ3v) is 4.53. The molecule has 0 saturated carbocycles. The minimum atomic E-state index is 0.500. The highest BCUT2D eigenvalue weighted by molar-refractivity contribution is 7.99.